The summed E-state index contributed by atoms with van der Waals surface area (Å²) in [5.41, 5.74) is 2.77. The SMILES string of the molecule is CC1CCCCc2nc3cc(-c4ccccn4)ccc3c(=O)n21. The van der Waals surface area contributed by atoms with Crippen molar-refractivity contribution >= 4 is 10.9 Å². The highest BCUT2D eigenvalue weighted by Gasteiger charge is 2.19. The van der Waals surface area contributed by atoms with Crippen LogP contribution in [0.2, 0.25) is 0 Å². The van der Waals surface area contributed by atoms with E-state index in [9.17, 15) is 4.79 Å². The fraction of sp³-hybridized carbons (Fsp3) is 0.316. The first-order chi connectivity index (χ1) is 11.2. The summed E-state index contributed by atoms with van der Waals surface area (Å²) >= 11 is 0. The van der Waals surface area contributed by atoms with Crippen molar-refractivity contribution in [1.29, 1.82) is 0 Å². The number of aryl methyl sites for hydroxylation is 1. The number of benzene rings is 1. The molecule has 0 aliphatic carbocycles. The van der Waals surface area contributed by atoms with Crippen molar-refractivity contribution in [3.05, 3.63) is 58.8 Å². The van der Waals surface area contributed by atoms with Crippen LogP contribution in [0.1, 0.15) is 38.1 Å². The lowest BCUT2D eigenvalue weighted by Gasteiger charge is -2.16. The number of aromatic nitrogens is 3. The zero-order valence-corrected chi connectivity index (χ0v) is 13.2. The molecule has 0 radical (unpaired) electrons. The van der Waals surface area contributed by atoms with E-state index in [0.29, 0.717) is 5.39 Å². The van der Waals surface area contributed by atoms with Crippen molar-refractivity contribution in [3.63, 3.8) is 0 Å². The molecular formula is C19H19N3O. The third-order valence-electron chi connectivity index (χ3n) is 4.65. The van der Waals surface area contributed by atoms with Gasteiger partial charge in [-0.2, -0.15) is 0 Å². The Morgan fingerprint density at radius 3 is 2.91 bits per heavy atom. The molecule has 0 N–H and O–H groups in total. The summed E-state index contributed by atoms with van der Waals surface area (Å²) in [4.78, 5) is 22.1. The largest absolute Gasteiger partial charge is 0.293 e. The number of hydrogen-bond donors (Lipinski definition) is 0. The Labute approximate surface area is 134 Å². The Kier molecular flexibility index (Phi) is 3.45. The van der Waals surface area contributed by atoms with Crippen LogP contribution >= 0.6 is 0 Å². The minimum atomic E-state index is 0.0898. The molecule has 0 spiro atoms. The predicted octanol–water partition coefficient (Wildman–Crippen LogP) is 3.75. The average Bonchev–Trinajstić information content (AvgIpc) is 2.77. The van der Waals surface area contributed by atoms with Crippen LogP contribution < -0.4 is 5.56 Å². The van der Waals surface area contributed by atoms with Gasteiger partial charge >= 0.3 is 0 Å². The second-order valence-corrected chi connectivity index (χ2v) is 6.24. The van der Waals surface area contributed by atoms with Crippen LogP contribution in [-0.2, 0) is 6.42 Å². The lowest BCUT2D eigenvalue weighted by atomic mass is 10.1. The Bertz CT molecular complexity index is 915. The number of hydrogen-bond acceptors (Lipinski definition) is 3. The first-order valence-electron chi connectivity index (χ1n) is 8.20. The molecule has 116 valence electrons. The van der Waals surface area contributed by atoms with Crippen molar-refractivity contribution < 1.29 is 0 Å². The molecule has 0 amide bonds. The van der Waals surface area contributed by atoms with Crippen LogP contribution in [0, 0.1) is 0 Å². The maximum Gasteiger partial charge on any atom is 0.261 e. The van der Waals surface area contributed by atoms with Crippen LogP contribution in [0.4, 0.5) is 0 Å². The second-order valence-electron chi connectivity index (χ2n) is 6.24. The Morgan fingerprint density at radius 2 is 2.09 bits per heavy atom. The summed E-state index contributed by atoms with van der Waals surface area (Å²) in [6.07, 6.45) is 5.96. The van der Waals surface area contributed by atoms with E-state index in [4.69, 9.17) is 4.98 Å². The Hall–Kier alpha value is -2.49. The monoisotopic (exact) mass is 305 g/mol. The Morgan fingerprint density at radius 1 is 1.17 bits per heavy atom. The van der Waals surface area contributed by atoms with Gasteiger partial charge in [0.2, 0.25) is 0 Å². The Balaban J connectivity index is 1.94. The van der Waals surface area contributed by atoms with Gasteiger partial charge < -0.3 is 0 Å². The number of fused-ring (bicyclic) bond motifs is 2. The van der Waals surface area contributed by atoms with Crippen LogP contribution in [0.5, 0.6) is 0 Å². The maximum absolute atomic E-state index is 12.9. The molecule has 23 heavy (non-hydrogen) atoms. The number of rotatable bonds is 1. The molecule has 3 aromatic rings. The summed E-state index contributed by atoms with van der Waals surface area (Å²) in [7, 11) is 0. The molecule has 4 rings (SSSR count). The molecule has 1 unspecified atom stereocenters. The molecule has 4 heteroatoms. The molecule has 0 fully saturated rings. The minimum Gasteiger partial charge on any atom is -0.293 e. The molecule has 0 saturated heterocycles. The standard InChI is InChI=1S/C19H19N3O/c1-13-6-2-3-8-18-21-17-12-14(16-7-4-5-11-20-16)9-10-15(17)19(23)22(13)18/h4-5,7,9-13H,2-3,6,8H2,1H3. The molecule has 1 aromatic carbocycles. The minimum absolute atomic E-state index is 0.0898. The molecule has 3 heterocycles. The fourth-order valence-corrected chi connectivity index (χ4v) is 3.42. The van der Waals surface area contributed by atoms with Gasteiger partial charge in [0.05, 0.1) is 16.6 Å². The molecule has 1 aliphatic rings. The first kappa shape index (κ1) is 14.1. The lowest BCUT2D eigenvalue weighted by Crippen LogP contribution is -2.27. The van der Waals surface area contributed by atoms with Crippen LogP contribution in [0.15, 0.2) is 47.4 Å². The number of pyridine rings is 1. The summed E-state index contributed by atoms with van der Waals surface area (Å²) in [5, 5.41) is 0.696. The summed E-state index contributed by atoms with van der Waals surface area (Å²) < 4.78 is 1.90. The van der Waals surface area contributed by atoms with Crippen molar-refractivity contribution in [3.8, 4) is 11.3 Å². The highest BCUT2D eigenvalue weighted by Crippen LogP contribution is 2.24. The van der Waals surface area contributed by atoms with E-state index >= 15 is 0 Å². The molecule has 4 nitrogen and oxygen atoms in total. The van der Waals surface area contributed by atoms with Gasteiger partial charge in [0.25, 0.3) is 5.56 Å². The van der Waals surface area contributed by atoms with Crippen LogP contribution in [-0.4, -0.2) is 14.5 Å². The molecule has 0 saturated carbocycles. The van der Waals surface area contributed by atoms with Crippen LogP contribution in [0.3, 0.4) is 0 Å². The van der Waals surface area contributed by atoms with Gasteiger partial charge in [-0.05, 0) is 44.0 Å². The van der Waals surface area contributed by atoms with Crippen molar-refractivity contribution in [1.82, 2.24) is 14.5 Å². The van der Waals surface area contributed by atoms with E-state index in [1.807, 2.05) is 41.0 Å². The quantitative estimate of drug-likeness (QED) is 0.688. The summed E-state index contributed by atoms with van der Waals surface area (Å²) in [5.74, 6) is 0.922. The third kappa shape index (κ3) is 2.44. The average molecular weight is 305 g/mol. The van der Waals surface area contributed by atoms with E-state index in [1.165, 1.54) is 0 Å². The zero-order chi connectivity index (χ0) is 15.8. The lowest BCUT2D eigenvalue weighted by molar-refractivity contribution is 0.487. The molecule has 0 bridgehead atoms. The van der Waals surface area contributed by atoms with E-state index in [1.54, 1.807) is 6.20 Å². The normalized spacial score (nSPS) is 17.7. The molecule has 1 aliphatic heterocycles. The van der Waals surface area contributed by atoms with Crippen molar-refractivity contribution in [2.45, 2.75) is 38.6 Å². The maximum atomic E-state index is 12.9. The summed E-state index contributed by atoms with van der Waals surface area (Å²) in [6, 6.07) is 11.9. The second kappa shape index (κ2) is 5.61. The molecule has 1 atom stereocenters. The van der Waals surface area contributed by atoms with Gasteiger partial charge in [0.1, 0.15) is 5.82 Å². The summed E-state index contributed by atoms with van der Waals surface area (Å²) in [6.45, 7) is 2.12. The molecule has 2 aromatic heterocycles. The first-order valence-corrected chi connectivity index (χ1v) is 8.20. The van der Waals surface area contributed by atoms with E-state index < -0.39 is 0 Å². The highest BCUT2D eigenvalue weighted by molar-refractivity contribution is 5.83. The highest BCUT2D eigenvalue weighted by atomic mass is 16.1. The van der Waals surface area contributed by atoms with Crippen LogP contribution in [0.25, 0.3) is 22.2 Å². The third-order valence-corrected chi connectivity index (χ3v) is 4.65. The predicted molar refractivity (Wildman–Crippen MR) is 91.5 cm³/mol. The van der Waals surface area contributed by atoms with Gasteiger partial charge in [0, 0.05) is 24.2 Å². The number of nitrogens with zero attached hydrogens (tertiary/aromatic N) is 3. The van der Waals surface area contributed by atoms with Crippen molar-refractivity contribution in [2.75, 3.05) is 0 Å². The van der Waals surface area contributed by atoms with Gasteiger partial charge in [0.15, 0.2) is 0 Å². The zero-order valence-electron chi connectivity index (χ0n) is 13.2. The van der Waals surface area contributed by atoms with Gasteiger partial charge in [-0.3, -0.25) is 14.3 Å². The van der Waals surface area contributed by atoms with E-state index in [0.717, 1.165) is 48.3 Å². The van der Waals surface area contributed by atoms with Gasteiger partial charge in [-0.25, -0.2) is 4.98 Å². The van der Waals surface area contributed by atoms with Gasteiger partial charge in [-0.1, -0.05) is 18.6 Å². The topological polar surface area (TPSA) is 47.8 Å². The smallest absolute Gasteiger partial charge is 0.261 e. The van der Waals surface area contributed by atoms with Crippen molar-refractivity contribution in [2.24, 2.45) is 0 Å². The van der Waals surface area contributed by atoms with Gasteiger partial charge in [-0.15, -0.1) is 0 Å². The fourth-order valence-electron chi connectivity index (χ4n) is 3.42. The molecular weight excluding hydrogens is 286 g/mol. The van der Waals surface area contributed by atoms with E-state index in [-0.39, 0.29) is 11.6 Å². The van der Waals surface area contributed by atoms with E-state index in [2.05, 4.69) is 11.9 Å².